The Morgan fingerprint density at radius 3 is 1.81 bits per heavy atom. The van der Waals surface area contributed by atoms with Crippen molar-refractivity contribution in [3.63, 3.8) is 0 Å². The molecule has 0 aliphatic carbocycles. The molecule has 1 aromatic carbocycles. The number of hydrogen-bond donors (Lipinski definition) is 1. The molecular weight excluding hydrogens is 356 g/mol. The van der Waals surface area contributed by atoms with Crippen molar-refractivity contribution in [2.24, 2.45) is 0 Å². The first-order valence-corrected chi connectivity index (χ1v) is 8.44. The van der Waals surface area contributed by atoms with E-state index in [2.05, 4.69) is 5.32 Å². The molecule has 3 amide bonds. The van der Waals surface area contributed by atoms with E-state index in [1.54, 1.807) is 26.0 Å². The zero-order chi connectivity index (χ0) is 20.1. The zero-order valence-electron chi connectivity index (χ0n) is 15.2. The molecule has 9 heteroatoms. The van der Waals surface area contributed by atoms with E-state index in [9.17, 15) is 24.0 Å². The summed E-state index contributed by atoms with van der Waals surface area (Å²) in [5.41, 5.74) is 0.379. The van der Waals surface area contributed by atoms with Gasteiger partial charge in [-0.05, 0) is 32.9 Å². The van der Waals surface area contributed by atoms with Crippen LogP contribution in [-0.2, 0) is 23.9 Å². The molecule has 1 aliphatic heterocycles. The van der Waals surface area contributed by atoms with Crippen LogP contribution in [0.1, 0.15) is 41.5 Å². The van der Waals surface area contributed by atoms with Gasteiger partial charge in [0.25, 0.3) is 11.8 Å². The summed E-state index contributed by atoms with van der Waals surface area (Å²) in [6.45, 7) is 4.41. The highest BCUT2D eigenvalue weighted by molar-refractivity contribution is 6.23. The molecule has 0 aromatic heterocycles. The molecule has 27 heavy (non-hydrogen) atoms. The quantitative estimate of drug-likeness (QED) is 0.412. The van der Waals surface area contributed by atoms with Gasteiger partial charge in [0.1, 0.15) is 6.04 Å². The summed E-state index contributed by atoms with van der Waals surface area (Å²) < 4.78 is 9.54. The van der Waals surface area contributed by atoms with E-state index in [1.807, 2.05) is 0 Å². The first-order valence-electron chi connectivity index (χ1n) is 8.44. The summed E-state index contributed by atoms with van der Waals surface area (Å²) >= 11 is 0. The van der Waals surface area contributed by atoms with Gasteiger partial charge >= 0.3 is 11.9 Å². The number of fused-ring (bicyclic) bond motifs is 1. The molecule has 2 rings (SSSR count). The number of amides is 3. The van der Waals surface area contributed by atoms with Gasteiger partial charge < -0.3 is 14.8 Å². The number of imide groups is 1. The van der Waals surface area contributed by atoms with E-state index in [1.165, 1.54) is 19.1 Å². The maximum atomic E-state index is 12.5. The molecule has 1 aromatic rings. The molecule has 1 aliphatic rings. The number of nitrogens with one attached hydrogen (secondary N) is 1. The SMILES string of the molecule is CCOC(=O)C(NC(=O)C(C)N1C(=O)c2ccccc2C1=O)C(=O)OCC. The van der Waals surface area contributed by atoms with E-state index in [0.29, 0.717) is 0 Å². The fraction of sp³-hybridized carbons (Fsp3) is 0.389. The van der Waals surface area contributed by atoms with Crippen LogP contribution in [0.3, 0.4) is 0 Å². The molecule has 1 unspecified atom stereocenters. The maximum absolute atomic E-state index is 12.5. The van der Waals surface area contributed by atoms with Crippen LogP contribution >= 0.6 is 0 Å². The van der Waals surface area contributed by atoms with Crippen LogP contribution in [0, 0.1) is 0 Å². The van der Waals surface area contributed by atoms with Crippen LogP contribution in [0.4, 0.5) is 0 Å². The molecule has 144 valence electrons. The number of rotatable bonds is 7. The van der Waals surface area contributed by atoms with Crippen molar-refractivity contribution < 1.29 is 33.4 Å². The highest BCUT2D eigenvalue weighted by Crippen LogP contribution is 2.24. The molecule has 1 N–H and O–H groups in total. The smallest absolute Gasteiger partial charge is 0.340 e. The second-order valence-corrected chi connectivity index (χ2v) is 5.65. The third-order valence-electron chi connectivity index (χ3n) is 3.92. The molecule has 0 fully saturated rings. The van der Waals surface area contributed by atoms with Gasteiger partial charge in [-0.1, -0.05) is 12.1 Å². The predicted octanol–water partition coefficient (Wildman–Crippen LogP) is 0.282. The lowest BCUT2D eigenvalue weighted by Crippen LogP contribution is -2.55. The molecule has 1 atom stereocenters. The molecule has 0 saturated carbocycles. The third kappa shape index (κ3) is 3.97. The Balaban J connectivity index is 2.18. The number of carbonyl (C=O) groups excluding carboxylic acids is 5. The number of hydrogen-bond acceptors (Lipinski definition) is 7. The van der Waals surface area contributed by atoms with Gasteiger partial charge in [-0.25, -0.2) is 9.59 Å². The van der Waals surface area contributed by atoms with Crippen molar-refractivity contribution in [1.82, 2.24) is 10.2 Å². The number of ether oxygens (including phenoxy) is 2. The second kappa shape index (κ2) is 8.43. The van der Waals surface area contributed by atoms with E-state index in [-0.39, 0.29) is 24.3 Å². The van der Waals surface area contributed by atoms with Crippen LogP contribution < -0.4 is 5.32 Å². The lowest BCUT2D eigenvalue weighted by atomic mass is 10.1. The van der Waals surface area contributed by atoms with Gasteiger partial charge in [-0.3, -0.25) is 19.3 Å². The fourth-order valence-corrected chi connectivity index (χ4v) is 2.61. The van der Waals surface area contributed by atoms with Crippen molar-refractivity contribution in [1.29, 1.82) is 0 Å². The van der Waals surface area contributed by atoms with Crippen LogP contribution in [-0.4, -0.2) is 59.9 Å². The van der Waals surface area contributed by atoms with E-state index < -0.39 is 41.7 Å². The van der Waals surface area contributed by atoms with Gasteiger partial charge in [-0.2, -0.15) is 0 Å². The summed E-state index contributed by atoms with van der Waals surface area (Å²) in [7, 11) is 0. The normalized spacial score (nSPS) is 14.0. The van der Waals surface area contributed by atoms with Gasteiger partial charge in [0.15, 0.2) is 0 Å². The second-order valence-electron chi connectivity index (χ2n) is 5.65. The molecule has 0 bridgehead atoms. The number of carbonyl (C=O) groups is 5. The highest BCUT2D eigenvalue weighted by Gasteiger charge is 2.42. The Hall–Kier alpha value is -3.23. The van der Waals surface area contributed by atoms with Gasteiger partial charge in [0.2, 0.25) is 11.9 Å². The Labute approximate surface area is 155 Å². The summed E-state index contributed by atoms with van der Waals surface area (Å²) in [5, 5.41) is 2.20. The Morgan fingerprint density at radius 1 is 0.963 bits per heavy atom. The molecule has 9 nitrogen and oxygen atoms in total. The minimum Gasteiger partial charge on any atom is -0.464 e. The Kier molecular flexibility index (Phi) is 6.27. The van der Waals surface area contributed by atoms with Crippen molar-refractivity contribution in [3.8, 4) is 0 Å². The summed E-state index contributed by atoms with van der Waals surface area (Å²) in [5.74, 6) is -4.09. The third-order valence-corrected chi connectivity index (χ3v) is 3.92. The predicted molar refractivity (Wildman–Crippen MR) is 91.6 cm³/mol. The van der Waals surface area contributed by atoms with Crippen molar-refractivity contribution in [2.45, 2.75) is 32.9 Å². The van der Waals surface area contributed by atoms with Crippen molar-refractivity contribution in [2.75, 3.05) is 13.2 Å². The first kappa shape index (κ1) is 20.1. The summed E-state index contributed by atoms with van der Waals surface area (Å²) in [4.78, 5) is 62.1. The van der Waals surface area contributed by atoms with Crippen LogP contribution in [0.2, 0.25) is 0 Å². The standard InChI is InChI=1S/C18H20N2O7/c1-4-26-17(24)13(18(25)27-5-2)19-14(21)10(3)20-15(22)11-8-6-7-9-12(11)16(20)23/h6-10,13H,4-5H2,1-3H3,(H,19,21). The first-order chi connectivity index (χ1) is 12.8. The monoisotopic (exact) mass is 376 g/mol. The molecule has 1 heterocycles. The Bertz CT molecular complexity index is 737. The minimum absolute atomic E-state index is 0.00142. The average Bonchev–Trinajstić information content (AvgIpc) is 2.90. The van der Waals surface area contributed by atoms with Gasteiger partial charge in [-0.15, -0.1) is 0 Å². The fourth-order valence-electron chi connectivity index (χ4n) is 2.61. The Morgan fingerprint density at radius 2 is 1.41 bits per heavy atom. The molecule has 0 spiro atoms. The lowest BCUT2D eigenvalue weighted by Gasteiger charge is -2.23. The topological polar surface area (TPSA) is 119 Å². The molecule has 0 radical (unpaired) electrons. The molecule has 0 saturated heterocycles. The highest BCUT2D eigenvalue weighted by atomic mass is 16.6. The minimum atomic E-state index is -1.69. The number of esters is 2. The van der Waals surface area contributed by atoms with E-state index in [0.717, 1.165) is 4.90 Å². The van der Waals surface area contributed by atoms with Crippen LogP contribution in [0.5, 0.6) is 0 Å². The van der Waals surface area contributed by atoms with Gasteiger partial charge in [0, 0.05) is 0 Å². The average molecular weight is 376 g/mol. The number of benzene rings is 1. The summed E-state index contributed by atoms with van der Waals surface area (Å²) in [6, 6.07) is 3.25. The van der Waals surface area contributed by atoms with E-state index >= 15 is 0 Å². The maximum Gasteiger partial charge on any atom is 0.340 e. The van der Waals surface area contributed by atoms with Crippen molar-refractivity contribution in [3.05, 3.63) is 35.4 Å². The largest absolute Gasteiger partial charge is 0.464 e. The summed E-state index contributed by atoms with van der Waals surface area (Å²) in [6.07, 6.45) is 0. The zero-order valence-corrected chi connectivity index (χ0v) is 15.2. The lowest BCUT2D eigenvalue weighted by molar-refractivity contribution is -0.159. The number of nitrogens with zero attached hydrogens (tertiary/aromatic N) is 1. The van der Waals surface area contributed by atoms with Gasteiger partial charge in [0.05, 0.1) is 24.3 Å². The van der Waals surface area contributed by atoms with E-state index in [4.69, 9.17) is 9.47 Å². The van der Waals surface area contributed by atoms with Crippen molar-refractivity contribution >= 4 is 29.7 Å². The van der Waals surface area contributed by atoms with Crippen LogP contribution in [0.15, 0.2) is 24.3 Å². The van der Waals surface area contributed by atoms with Crippen LogP contribution in [0.25, 0.3) is 0 Å². The molecular formula is C18H20N2O7.